The molecule has 1 aliphatic carbocycles. The SMILES string of the molecule is NC(=O)C1CCC(N)C1.O=C(O)C(F)(F)F. The molecule has 16 heavy (non-hydrogen) atoms. The van der Waals surface area contributed by atoms with E-state index < -0.39 is 12.1 Å². The average molecular weight is 242 g/mol. The van der Waals surface area contributed by atoms with Crippen molar-refractivity contribution >= 4 is 11.9 Å². The molecule has 0 radical (unpaired) electrons. The maximum Gasteiger partial charge on any atom is 0.490 e. The quantitative estimate of drug-likeness (QED) is 0.611. The van der Waals surface area contributed by atoms with Crippen LogP contribution in [-0.4, -0.2) is 29.2 Å². The fourth-order valence-corrected chi connectivity index (χ4v) is 1.27. The van der Waals surface area contributed by atoms with Crippen molar-refractivity contribution in [3.63, 3.8) is 0 Å². The van der Waals surface area contributed by atoms with Gasteiger partial charge in [0.25, 0.3) is 0 Å². The maximum atomic E-state index is 10.6. The summed E-state index contributed by atoms with van der Waals surface area (Å²) in [7, 11) is 0. The zero-order valence-corrected chi connectivity index (χ0v) is 8.33. The van der Waals surface area contributed by atoms with Gasteiger partial charge in [-0.2, -0.15) is 13.2 Å². The lowest BCUT2D eigenvalue weighted by atomic mass is 10.1. The predicted octanol–water partition coefficient (Wildman–Crippen LogP) is 0.232. The number of alkyl halides is 3. The van der Waals surface area contributed by atoms with Gasteiger partial charge in [0.2, 0.25) is 5.91 Å². The highest BCUT2D eigenvalue weighted by Crippen LogP contribution is 2.23. The van der Waals surface area contributed by atoms with Gasteiger partial charge in [-0.3, -0.25) is 4.79 Å². The molecular weight excluding hydrogens is 229 g/mol. The molecule has 0 aromatic carbocycles. The van der Waals surface area contributed by atoms with E-state index >= 15 is 0 Å². The molecule has 2 atom stereocenters. The minimum atomic E-state index is -5.08. The first-order chi connectivity index (χ1) is 7.14. The van der Waals surface area contributed by atoms with Gasteiger partial charge < -0.3 is 16.6 Å². The first-order valence-corrected chi connectivity index (χ1v) is 4.49. The van der Waals surface area contributed by atoms with Crippen molar-refractivity contribution in [2.24, 2.45) is 17.4 Å². The number of hydrogen-bond acceptors (Lipinski definition) is 3. The minimum Gasteiger partial charge on any atom is -0.475 e. The van der Waals surface area contributed by atoms with E-state index in [2.05, 4.69) is 0 Å². The van der Waals surface area contributed by atoms with Crippen LogP contribution < -0.4 is 11.5 Å². The standard InChI is InChI=1S/C6H12N2O.C2HF3O2/c7-5-2-1-4(3-5)6(8)9;3-2(4,5)1(6)7/h4-5H,1-3,7H2,(H2,8,9);(H,6,7). The summed E-state index contributed by atoms with van der Waals surface area (Å²) >= 11 is 0. The summed E-state index contributed by atoms with van der Waals surface area (Å²) in [6, 6.07) is 0.211. The van der Waals surface area contributed by atoms with Crippen molar-refractivity contribution in [1.82, 2.24) is 0 Å². The van der Waals surface area contributed by atoms with E-state index in [0.29, 0.717) is 0 Å². The summed E-state index contributed by atoms with van der Waals surface area (Å²) in [4.78, 5) is 19.4. The van der Waals surface area contributed by atoms with Crippen molar-refractivity contribution in [3.8, 4) is 0 Å². The van der Waals surface area contributed by atoms with Crippen LogP contribution in [0.5, 0.6) is 0 Å². The van der Waals surface area contributed by atoms with Crippen LogP contribution >= 0.6 is 0 Å². The Morgan fingerprint density at radius 1 is 1.25 bits per heavy atom. The number of primary amides is 1. The lowest BCUT2D eigenvalue weighted by Gasteiger charge is -2.01. The van der Waals surface area contributed by atoms with Crippen molar-refractivity contribution in [2.45, 2.75) is 31.5 Å². The zero-order valence-electron chi connectivity index (χ0n) is 8.33. The van der Waals surface area contributed by atoms with Crippen LogP contribution in [0.25, 0.3) is 0 Å². The Morgan fingerprint density at radius 3 is 1.81 bits per heavy atom. The topological polar surface area (TPSA) is 106 Å². The number of carboxylic acid groups (broad SMARTS) is 1. The molecule has 2 unspecified atom stereocenters. The summed E-state index contributed by atoms with van der Waals surface area (Å²) in [5.74, 6) is -2.89. The maximum absolute atomic E-state index is 10.6. The van der Waals surface area contributed by atoms with E-state index in [1.165, 1.54) is 0 Å². The van der Waals surface area contributed by atoms with Crippen LogP contribution in [0.3, 0.4) is 0 Å². The molecule has 0 saturated heterocycles. The number of nitrogens with two attached hydrogens (primary N) is 2. The van der Waals surface area contributed by atoms with E-state index in [1.807, 2.05) is 0 Å². The molecule has 0 aromatic rings. The Morgan fingerprint density at radius 2 is 1.69 bits per heavy atom. The monoisotopic (exact) mass is 242 g/mol. The number of rotatable bonds is 1. The van der Waals surface area contributed by atoms with Crippen molar-refractivity contribution in [3.05, 3.63) is 0 Å². The van der Waals surface area contributed by atoms with Crippen LogP contribution in [0.4, 0.5) is 13.2 Å². The number of aliphatic carboxylic acids is 1. The number of amides is 1. The second kappa shape index (κ2) is 5.69. The largest absolute Gasteiger partial charge is 0.490 e. The molecule has 0 spiro atoms. The molecule has 1 rings (SSSR count). The van der Waals surface area contributed by atoms with Crippen molar-refractivity contribution in [2.75, 3.05) is 0 Å². The summed E-state index contributed by atoms with van der Waals surface area (Å²) in [5, 5.41) is 7.12. The normalized spacial score (nSPS) is 24.5. The molecule has 1 aliphatic rings. The highest BCUT2D eigenvalue weighted by atomic mass is 19.4. The van der Waals surface area contributed by atoms with Gasteiger partial charge >= 0.3 is 12.1 Å². The second-order valence-electron chi connectivity index (χ2n) is 3.48. The molecule has 0 aromatic heterocycles. The van der Waals surface area contributed by atoms with E-state index in [-0.39, 0.29) is 17.9 Å². The van der Waals surface area contributed by atoms with Crippen LogP contribution in [-0.2, 0) is 9.59 Å². The molecule has 0 aliphatic heterocycles. The molecule has 1 saturated carbocycles. The summed E-state index contributed by atoms with van der Waals surface area (Å²) < 4.78 is 31.7. The third-order valence-electron chi connectivity index (χ3n) is 2.12. The van der Waals surface area contributed by atoms with E-state index in [4.69, 9.17) is 21.4 Å². The first-order valence-electron chi connectivity index (χ1n) is 4.49. The smallest absolute Gasteiger partial charge is 0.475 e. The van der Waals surface area contributed by atoms with Crippen molar-refractivity contribution < 1.29 is 27.9 Å². The lowest BCUT2D eigenvalue weighted by molar-refractivity contribution is -0.192. The molecule has 5 nitrogen and oxygen atoms in total. The molecule has 5 N–H and O–H groups in total. The average Bonchev–Trinajstić information content (AvgIpc) is 2.51. The van der Waals surface area contributed by atoms with Crippen molar-refractivity contribution in [1.29, 1.82) is 0 Å². The Bertz CT molecular complexity index is 268. The molecular formula is C8H13F3N2O3. The van der Waals surface area contributed by atoms with E-state index in [1.54, 1.807) is 0 Å². The molecule has 0 heterocycles. The fourth-order valence-electron chi connectivity index (χ4n) is 1.27. The Labute approximate surface area is 89.6 Å². The van der Waals surface area contributed by atoms with E-state index in [9.17, 15) is 18.0 Å². The molecule has 0 bridgehead atoms. The number of carbonyl (C=O) groups excluding carboxylic acids is 1. The number of carboxylic acids is 1. The lowest BCUT2D eigenvalue weighted by Crippen LogP contribution is -2.23. The Kier molecular flexibility index (Phi) is 5.22. The summed E-state index contributed by atoms with van der Waals surface area (Å²) in [6.07, 6.45) is -2.46. The highest BCUT2D eigenvalue weighted by molar-refractivity contribution is 5.77. The summed E-state index contributed by atoms with van der Waals surface area (Å²) in [5.41, 5.74) is 10.6. The van der Waals surface area contributed by atoms with Gasteiger partial charge in [0.1, 0.15) is 0 Å². The van der Waals surface area contributed by atoms with Crippen LogP contribution in [0.15, 0.2) is 0 Å². The molecule has 1 fully saturated rings. The third kappa shape index (κ3) is 5.54. The van der Waals surface area contributed by atoms with Gasteiger partial charge in [-0.15, -0.1) is 0 Å². The van der Waals surface area contributed by atoms with Crippen LogP contribution in [0.2, 0.25) is 0 Å². The van der Waals surface area contributed by atoms with Gasteiger partial charge in [-0.1, -0.05) is 0 Å². The van der Waals surface area contributed by atoms with Gasteiger partial charge in [0.15, 0.2) is 0 Å². The molecule has 8 heteroatoms. The van der Waals surface area contributed by atoms with Gasteiger partial charge in [-0.25, -0.2) is 4.79 Å². The summed E-state index contributed by atoms with van der Waals surface area (Å²) in [6.45, 7) is 0. The minimum absolute atomic E-state index is 0.0556. The van der Waals surface area contributed by atoms with Crippen LogP contribution in [0, 0.1) is 5.92 Å². The van der Waals surface area contributed by atoms with Crippen LogP contribution in [0.1, 0.15) is 19.3 Å². The Hall–Kier alpha value is -1.31. The molecule has 1 amide bonds. The highest BCUT2D eigenvalue weighted by Gasteiger charge is 2.38. The number of halogens is 3. The number of hydrogen-bond donors (Lipinski definition) is 3. The third-order valence-corrected chi connectivity index (χ3v) is 2.12. The van der Waals surface area contributed by atoms with Gasteiger partial charge in [0, 0.05) is 12.0 Å². The zero-order chi connectivity index (χ0) is 12.9. The van der Waals surface area contributed by atoms with Gasteiger partial charge in [0.05, 0.1) is 0 Å². The van der Waals surface area contributed by atoms with E-state index in [0.717, 1.165) is 19.3 Å². The predicted molar refractivity (Wildman–Crippen MR) is 48.2 cm³/mol. The fraction of sp³-hybridized carbons (Fsp3) is 0.750. The Balaban J connectivity index is 0.000000293. The van der Waals surface area contributed by atoms with Gasteiger partial charge in [-0.05, 0) is 19.3 Å². The first kappa shape index (κ1) is 14.7. The molecule has 94 valence electrons. The number of carbonyl (C=O) groups is 2. The second-order valence-corrected chi connectivity index (χ2v) is 3.48.